The van der Waals surface area contributed by atoms with Crippen molar-refractivity contribution in [2.45, 2.75) is 45.1 Å². The van der Waals surface area contributed by atoms with Gasteiger partial charge in [-0.25, -0.2) is 13.8 Å². The molecule has 25 heavy (non-hydrogen) atoms. The number of aromatic nitrogens is 1. The first-order valence-corrected chi connectivity index (χ1v) is 8.82. The monoisotopic (exact) mass is 345 g/mol. The topological polar surface area (TPSA) is 42.1 Å². The predicted octanol–water partition coefficient (Wildman–Crippen LogP) is 3.67. The molecule has 3 rings (SSSR count). The minimum Gasteiger partial charge on any atom is -0.384 e. The molecule has 1 saturated heterocycles. The third-order valence-corrected chi connectivity index (χ3v) is 5.06. The highest BCUT2D eigenvalue weighted by Crippen LogP contribution is 2.23. The van der Waals surface area contributed by atoms with Gasteiger partial charge < -0.3 is 10.6 Å². The molecule has 1 aromatic carbocycles. The first-order chi connectivity index (χ1) is 11.9. The predicted molar refractivity (Wildman–Crippen MR) is 96.5 cm³/mol. The van der Waals surface area contributed by atoms with Gasteiger partial charge in [-0.1, -0.05) is 6.07 Å². The average molecular weight is 345 g/mol. The Morgan fingerprint density at radius 1 is 1.16 bits per heavy atom. The van der Waals surface area contributed by atoms with Crippen molar-refractivity contribution in [3.8, 4) is 0 Å². The van der Waals surface area contributed by atoms with Crippen LogP contribution in [0.3, 0.4) is 0 Å². The van der Waals surface area contributed by atoms with Gasteiger partial charge in [0.25, 0.3) is 0 Å². The molecule has 2 aromatic rings. The summed E-state index contributed by atoms with van der Waals surface area (Å²) in [6, 6.07) is 7.43. The first-order valence-electron chi connectivity index (χ1n) is 8.82. The van der Waals surface area contributed by atoms with Gasteiger partial charge in [0.1, 0.15) is 5.82 Å². The van der Waals surface area contributed by atoms with Crippen molar-refractivity contribution < 1.29 is 8.78 Å². The molecule has 0 bridgehead atoms. The fourth-order valence-electron chi connectivity index (χ4n) is 3.46. The molecular weight excluding hydrogens is 320 g/mol. The highest BCUT2D eigenvalue weighted by atomic mass is 19.2. The van der Waals surface area contributed by atoms with Gasteiger partial charge >= 0.3 is 0 Å². The van der Waals surface area contributed by atoms with E-state index in [1.165, 1.54) is 12.5 Å². The van der Waals surface area contributed by atoms with Gasteiger partial charge in [0.2, 0.25) is 0 Å². The van der Waals surface area contributed by atoms with Gasteiger partial charge in [0.15, 0.2) is 11.6 Å². The molecule has 0 saturated carbocycles. The van der Waals surface area contributed by atoms with E-state index in [4.69, 9.17) is 5.73 Å². The molecule has 1 aliphatic rings. The highest BCUT2D eigenvalue weighted by Gasteiger charge is 2.23. The summed E-state index contributed by atoms with van der Waals surface area (Å²) in [5.74, 6) is -1.05. The van der Waals surface area contributed by atoms with Crippen LogP contribution in [0, 0.1) is 18.6 Å². The smallest absolute Gasteiger partial charge is 0.162 e. The van der Waals surface area contributed by atoms with E-state index < -0.39 is 11.6 Å². The molecule has 1 aromatic heterocycles. The van der Waals surface area contributed by atoms with E-state index in [9.17, 15) is 8.78 Å². The number of anilines is 1. The summed E-state index contributed by atoms with van der Waals surface area (Å²) in [6.45, 7) is 3.07. The maximum atomic E-state index is 14.2. The van der Waals surface area contributed by atoms with Crippen LogP contribution in [0.25, 0.3) is 0 Å². The molecule has 1 fully saturated rings. The number of hydrogen-bond donors (Lipinski definition) is 1. The lowest BCUT2D eigenvalue weighted by Gasteiger charge is -2.38. The fourth-order valence-corrected chi connectivity index (χ4v) is 3.46. The Balaban J connectivity index is 1.69. The lowest BCUT2D eigenvalue weighted by molar-refractivity contribution is 0.119. The van der Waals surface area contributed by atoms with Gasteiger partial charge in [-0.3, -0.25) is 0 Å². The van der Waals surface area contributed by atoms with Crippen LogP contribution in [-0.2, 0) is 19.3 Å². The molecule has 1 atom stereocenters. The molecule has 0 spiro atoms. The van der Waals surface area contributed by atoms with Gasteiger partial charge in [-0.2, -0.15) is 0 Å². The first kappa shape index (κ1) is 17.8. The Morgan fingerprint density at radius 3 is 2.60 bits per heavy atom. The SMILES string of the molecule is Cc1cc(N)nc(CCc2cc(CC[C@H]3CCN3C)cc(F)c2F)c1. The maximum absolute atomic E-state index is 14.2. The van der Waals surface area contributed by atoms with E-state index in [2.05, 4.69) is 16.9 Å². The Kier molecular flexibility index (Phi) is 5.33. The number of nitrogens with two attached hydrogens (primary N) is 1. The van der Waals surface area contributed by atoms with Gasteiger partial charge in [-0.05, 0) is 87.5 Å². The van der Waals surface area contributed by atoms with Crippen molar-refractivity contribution in [2.75, 3.05) is 19.3 Å². The molecule has 1 aliphatic heterocycles. The van der Waals surface area contributed by atoms with Crippen LogP contribution in [0.1, 0.15) is 35.2 Å². The molecule has 0 aliphatic carbocycles. The van der Waals surface area contributed by atoms with Gasteiger partial charge in [-0.15, -0.1) is 0 Å². The average Bonchev–Trinajstić information content (AvgIpc) is 2.54. The molecule has 0 amide bonds. The molecule has 5 heteroatoms. The zero-order valence-corrected chi connectivity index (χ0v) is 14.9. The third-order valence-electron chi connectivity index (χ3n) is 5.06. The number of hydrogen-bond acceptors (Lipinski definition) is 3. The Morgan fingerprint density at radius 2 is 1.96 bits per heavy atom. The second-order valence-corrected chi connectivity index (χ2v) is 7.07. The van der Waals surface area contributed by atoms with Crippen LogP contribution < -0.4 is 5.73 Å². The van der Waals surface area contributed by atoms with E-state index in [-0.39, 0.29) is 0 Å². The van der Waals surface area contributed by atoms with Crippen molar-refractivity contribution in [3.05, 3.63) is 58.3 Å². The Labute approximate surface area is 147 Å². The Hall–Kier alpha value is -2.01. The van der Waals surface area contributed by atoms with Crippen LogP contribution in [0.5, 0.6) is 0 Å². The number of halogens is 2. The molecule has 2 N–H and O–H groups in total. The van der Waals surface area contributed by atoms with E-state index in [1.807, 2.05) is 13.0 Å². The van der Waals surface area contributed by atoms with Gasteiger partial charge in [0, 0.05) is 11.7 Å². The van der Waals surface area contributed by atoms with Crippen LogP contribution in [0.4, 0.5) is 14.6 Å². The normalized spacial score (nSPS) is 17.5. The number of benzene rings is 1. The van der Waals surface area contributed by atoms with Crippen LogP contribution in [0.15, 0.2) is 24.3 Å². The number of likely N-dealkylation sites (tertiary alicyclic amines) is 1. The van der Waals surface area contributed by atoms with E-state index in [1.54, 1.807) is 12.1 Å². The van der Waals surface area contributed by atoms with Crippen molar-refractivity contribution in [3.63, 3.8) is 0 Å². The Bertz CT molecular complexity index is 741. The lowest BCUT2D eigenvalue weighted by Crippen LogP contribution is -2.44. The summed E-state index contributed by atoms with van der Waals surface area (Å²) >= 11 is 0. The molecule has 0 radical (unpaired) electrons. The quantitative estimate of drug-likeness (QED) is 0.868. The zero-order chi connectivity index (χ0) is 18.0. The summed E-state index contributed by atoms with van der Waals surface area (Å²) in [5.41, 5.74) is 8.86. The number of pyridine rings is 1. The number of rotatable bonds is 6. The third kappa shape index (κ3) is 4.34. The van der Waals surface area contributed by atoms with Crippen molar-refractivity contribution in [1.82, 2.24) is 9.88 Å². The summed E-state index contributed by atoms with van der Waals surface area (Å²) in [5, 5.41) is 0. The summed E-state index contributed by atoms with van der Waals surface area (Å²) < 4.78 is 28.1. The number of nitrogen functional groups attached to an aromatic ring is 1. The number of aryl methyl sites for hydroxylation is 4. The standard InChI is InChI=1S/C20H25F2N3/c1-13-9-16(24-19(23)10-13)5-4-15-11-14(12-18(21)20(15)22)3-6-17-7-8-25(17)2/h9-12,17H,3-8H2,1-2H3,(H2,23,24)/t17-/m0/s1. The van der Waals surface area contributed by atoms with Crippen LogP contribution >= 0.6 is 0 Å². The van der Waals surface area contributed by atoms with Crippen molar-refractivity contribution in [2.24, 2.45) is 0 Å². The second-order valence-electron chi connectivity index (χ2n) is 7.07. The second kappa shape index (κ2) is 7.48. The van der Waals surface area contributed by atoms with Crippen molar-refractivity contribution in [1.29, 1.82) is 0 Å². The summed E-state index contributed by atoms with van der Waals surface area (Å²) in [4.78, 5) is 6.57. The van der Waals surface area contributed by atoms with E-state index >= 15 is 0 Å². The largest absolute Gasteiger partial charge is 0.384 e. The molecule has 2 heterocycles. The van der Waals surface area contributed by atoms with Crippen LogP contribution in [-0.4, -0.2) is 29.5 Å². The molecular formula is C20H25F2N3. The number of nitrogens with zero attached hydrogens (tertiary/aromatic N) is 2. The maximum Gasteiger partial charge on any atom is 0.162 e. The van der Waals surface area contributed by atoms with Crippen molar-refractivity contribution >= 4 is 5.82 Å². The molecule has 134 valence electrons. The highest BCUT2D eigenvalue weighted by molar-refractivity contribution is 5.35. The van der Waals surface area contributed by atoms with Crippen LogP contribution in [0.2, 0.25) is 0 Å². The minimum atomic E-state index is -0.758. The summed E-state index contributed by atoms with van der Waals surface area (Å²) in [7, 11) is 2.10. The summed E-state index contributed by atoms with van der Waals surface area (Å²) in [6.07, 6.45) is 3.90. The zero-order valence-electron chi connectivity index (χ0n) is 14.9. The minimum absolute atomic E-state index is 0.413. The van der Waals surface area contributed by atoms with E-state index in [0.29, 0.717) is 30.3 Å². The van der Waals surface area contributed by atoms with E-state index in [0.717, 1.165) is 36.2 Å². The fraction of sp³-hybridized carbons (Fsp3) is 0.450. The molecule has 3 nitrogen and oxygen atoms in total. The molecule has 0 unspecified atom stereocenters. The lowest BCUT2D eigenvalue weighted by atomic mass is 9.95. The van der Waals surface area contributed by atoms with Gasteiger partial charge in [0.05, 0.1) is 0 Å².